The molecule has 0 spiro atoms. The van der Waals surface area contributed by atoms with Crippen molar-refractivity contribution in [2.45, 2.75) is 6.42 Å². The van der Waals surface area contributed by atoms with Crippen LogP contribution in [0.25, 0.3) is 21.9 Å². The SMILES string of the molecule is COc1cc2cc(C(=O)NCCc3nc4ccccc4n3C)[nH]c2cc1OC. The number of aromatic nitrogens is 3. The Kier molecular flexibility index (Phi) is 4.65. The third kappa shape index (κ3) is 3.15. The van der Waals surface area contributed by atoms with Gasteiger partial charge in [0.25, 0.3) is 5.91 Å². The number of nitrogens with one attached hydrogen (secondary N) is 2. The van der Waals surface area contributed by atoms with Gasteiger partial charge in [0.1, 0.15) is 11.5 Å². The number of carbonyl (C=O) groups is 1. The molecule has 2 aromatic carbocycles. The van der Waals surface area contributed by atoms with E-state index in [-0.39, 0.29) is 5.91 Å². The predicted molar refractivity (Wildman–Crippen MR) is 108 cm³/mol. The molecule has 0 atom stereocenters. The number of methoxy groups -OCH3 is 2. The zero-order chi connectivity index (χ0) is 19.7. The number of carbonyl (C=O) groups excluding carboxylic acids is 1. The Morgan fingerprint density at radius 1 is 1.14 bits per heavy atom. The van der Waals surface area contributed by atoms with Crippen LogP contribution in [0.4, 0.5) is 0 Å². The molecule has 0 saturated heterocycles. The van der Waals surface area contributed by atoms with E-state index in [0.717, 1.165) is 27.8 Å². The quantitative estimate of drug-likeness (QED) is 0.540. The smallest absolute Gasteiger partial charge is 0.267 e. The molecule has 2 heterocycles. The van der Waals surface area contributed by atoms with Crippen LogP contribution in [-0.2, 0) is 13.5 Å². The number of ether oxygens (including phenoxy) is 2. The van der Waals surface area contributed by atoms with Gasteiger partial charge in [0.05, 0.1) is 25.3 Å². The summed E-state index contributed by atoms with van der Waals surface area (Å²) in [7, 11) is 5.16. The maximum absolute atomic E-state index is 12.5. The molecular weight excluding hydrogens is 356 g/mol. The highest BCUT2D eigenvalue weighted by atomic mass is 16.5. The molecule has 28 heavy (non-hydrogen) atoms. The highest BCUT2D eigenvalue weighted by Gasteiger charge is 2.13. The molecule has 144 valence electrons. The van der Waals surface area contributed by atoms with Crippen molar-refractivity contribution in [2.24, 2.45) is 7.05 Å². The third-order valence-corrected chi connectivity index (χ3v) is 4.88. The first kappa shape index (κ1) is 17.9. The fourth-order valence-electron chi connectivity index (χ4n) is 3.38. The van der Waals surface area contributed by atoms with E-state index in [1.54, 1.807) is 14.2 Å². The van der Waals surface area contributed by atoms with E-state index in [1.807, 2.05) is 49.5 Å². The average molecular weight is 378 g/mol. The van der Waals surface area contributed by atoms with E-state index in [1.165, 1.54) is 0 Å². The number of fused-ring (bicyclic) bond motifs is 2. The van der Waals surface area contributed by atoms with E-state index in [9.17, 15) is 4.79 Å². The molecule has 2 aromatic heterocycles. The van der Waals surface area contributed by atoms with Crippen molar-refractivity contribution in [1.29, 1.82) is 0 Å². The average Bonchev–Trinajstić information content (AvgIpc) is 3.28. The summed E-state index contributed by atoms with van der Waals surface area (Å²) in [6.07, 6.45) is 0.652. The lowest BCUT2D eigenvalue weighted by atomic mass is 10.2. The first-order chi connectivity index (χ1) is 13.6. The Balaban J connectivity index is 1.46. The van der Waals surface area contributed by atoms with E-state index < -0.39 is 0 Å². The molecule has 2 N–H and O–H groups in total. The van der Waals surface area contributed by atoms with E-state index >= 15 is 0 Å². The number of H-pyrrole nitrogens is 1. The number of aromatic amines is 1. The number of para-hydroxylation sites is 2. The highest BCUT2D eigenvalue weighted by molar-refractivity contribution is 5.98. The second-order valence-electron chi connectivity index (χ2n) is 6.56. The van der Waals surface area contributed by atoms with Gasteiger partial charge in [0, 0.05) is 37.0 Å². The molecule has 0 aliphatic carbocycles. The second kappa shape index (κ2) is 7.26. The van der Waals surface area contributed by atoms with Gasteiger partial charge in [-0.2, -0.15) is 0 Å². The highest BCUT2D eigenvalue weighted by Crippen LogP contribution is 2.32. The van der Waals surface area contributed by atoms with Gasteiger partial charge in [-0.15, -0.1) is 0 Å². The van der Waals surface area contributed by atoms with Gasteiger partial charge in [-0.25, -0.2) is 4.98 Å². The molecule has 7 nitrogen and oxygen atoms in total. The number of aryl methyl sites for hydroxylation is 1. The topological polar surface area (TPSA) is 81.2 Å². The minimum atomic E-state index is -0.159. The van der Waals surface area contributed by atoms with Crippen molar-refractivity contribution in [3.05, 3.63) is 54.0 Å². The largest absolute Gasteiger partial charge is 0.493 e. The number of hydrogen-bond acceptors (Lipinski definition) is 4. The second-order valence-corrected chi connectivity index (χ2v) is 6.56. The van der Waals surface area contributed by atoms with Crippen molar-refractivity contribution < 1.29 is 14.3 Å². The maximum atomic E-state index is 12.5. The van der Waals surface area contributed by atoms with Crippen molar-refractivity contribution >= 4 is 27.8 Å². The minimum absolute atomic E-state index is 0.159. The Hall–Kier alpha value is -3.48. The van der Waals surface area contributed by atoms with E-state index in [2.05, 4.69) is 19.9 Å². The summed E-state index contributed by atoms with van der Waals surface area (Å²) < 4.78 is 12.7. The monoisotopic (exact) mass is 378 g/mol. The van der Waals surface area contributed by atoms with Crippen molar-refractivity contribution in [3.63, 3.8) is 0 Å². The molecule has 7 heteroatoms. The molecular formula is C21H22N4O3. The van der Waals surface area contributed by atoms with Crippen LogP contribution in [0.1, 0.15) is 16.3 Å². The molecule has 0 bridgehead atoms. The number of rotatable bonds is 6. The molecule has 0 aliphatic heterocycles. The number of amides is 1. The van der Waals surface area contributed by atoms with Crippen molar-refractivity contribution in [1.82, 2.24) is 19.9 Å². The zero-order valence-corrected chi connectivity index (χ0v) is 16.1. The van der Waals surface area contributed by atoms with Crippen molar-refractivity contribution in [2.75, 3.05) is 20.8 Å². The molecule has 0 radical (unpaired) electrons. The van der Waals surface area contributed by atoms with Crippen LogP contribution < -0.4 is 14.8 Å². The normalized spacial score (nSPS) is 11.1. The van der Waals surface area contributed by atoms with Gasteiger partial charge < -0.3 is 24.3 Å². The van der Waals surface area contributed by atoms with Gasteiger partial charge in [-0.3, -0.25) is 4.79 Å². The predicted octanol–water partition coefficient (Wildman–Crippen LogP) is 3.04. The van der Waals surface area contributed by atoms with Crippen LogP contribution in [0.15, 0.2) is 42.5 Å². The third-order valence-electron chi connectivity index (χ3n) is 4.88. The Morgan fingerprint density at radius 3 is 2.64 bits per heavy atom. The van der Waals surface area contributed by atoms with E-state index in [4.69, 9.17) is 9.47 Å². The summed E-state index contributed by atoms with van der Waals surface area (Å²) in [5, 5.41) is 3.84. The standard InChI is InChI=1S/C21H22N4O3/c1-25-17-7-5-4-6-14(17)24-20(25)8-9-22-21(26)16-10-13-11-18(27-2)19(28-3)12-15(13)23-16/h4-7,10-12,23H,8-9H2,1-3H3,(H,22,26). The Morgan fingerprint density at radius 2 is 1.89 bits per heavy atom. The number of benzene rings is 2. The van der Waals surface area contributed by atoms with E-state index in [0.29, 0.717) is 30.2 Å². The summed E-state index contributed by atoms with van der Waals surface area (Å²) >= 11 is 0. The summed E-state index contributed by atoms with van der Waals surface area (Å²) in [6.45, 7) is 0.498. The molecule has 0 fully saturated rings. The molecule has 0 aliphatic rings. The molecule has 1 amide bonds. The number of imidazole rings is 1. The molecule has 4 aromatic rings. The summed E-state index contributed by atoms with van der Waals surface area (Å²) in [4.78, 5) is 20.3. The molecule has 4 rings (SSSR count). The Labute approximate surface area is 162 Å². The van der Waals surface area contributed by atoms with Crippen LogP contribution >= 0.6 is 0 Å². The number of nitrogens with zero attached hydrogens (tertiary/aromatic N) is 2. The maximum Gasteiger partial charge on any atom is 0.267 e. The summed E-state index contributed by atoms with van der Waals surface area (Å²) in [6, 6.07) is 13.5. The fourth-order valence-corrected chi connectivity index (χ4v) is 3.38. The lowest BCUT2D eigenvalue weighted by Gasteiger charge is -2.06. The molecule has 0 unspecified atom stereocenters. The van der Waals surface area contributed by atoms with Crippen LogP contribution in [0.3, 0.4) is 0 Å². The van der Waals surface area contributed by atoms with Gasteiger partial charge in [-0.1, -0.05) is 12.1 Å². The fraction of sp³-hybridized carbons (Fsp3) is 0.238. The first-order valence-corrected chi connectivity index (χ1v) is 9.04. The zero-order valence-electron chi connectivity index (χ0n) is 16.1. The van der Waals surface area contributed by atoms with Crippen LogP contribution in [0, 0.1) is 0 Å². The lowest BCUT2D eigenvalue weighted by Crippen LogP contribution is -2.26. The van der Waals surface area contributed by atoms with Crippen LogP contribution in [-0.4, -0.2) is 41.2 Å². The van der Waals surface area contributed by atoms with Gasteiger partial charge in [0.15, 0.2) is 11.5 Å². The number of hydrogen-bond donors (Lipinski definition) is 2. The minimum Gasteiger partial charge on any atom is -0.493 e. The molecule has 0 saturated carbocycles. The Bertz CT molecular complexity index is 1120. The van der Waals surface area contributed by atoms with Crippen LogP contribution in [0.5, 0.6) is 11.5 Å². The van der Waals surface area contributed by atoms with Gasteiger partial charge in [-0.05, 0) is 24.3 Å². The van der Waals surface area contributed by atoms with Crippen molar-refractivity contribution in [3.8, 4) is 11.5 Å². The van der Waals surface area contributed by atoms with Crippen LogP contribution in [0.2, 0.25) is 0 Å². The summed E-state index contributed by atoms with van der Waals surface area (Å²) in [5.41, 5.74) is 3.36. The lowest BCUT2D eigenvalue weighted by molar-refractivity contribution is 0.0950. The van der Waals surface area contributed by atoms with Gasteiger partial charge >= 0.3 is 0 Å². The van der Waals surface area contributed by atoms with Gasteiger partial charge in [0.2, 0.25) is 0 Å². The first-order valence-electron chi connectivity index (χ1n) is 9.04. The summed E-state index contributed by atoms with van der Waals surface area (Å²) in [5.74, 6) is 2.02.